The van der Waals surface area contributed by atoms with Crippen LogP contribution in [0.3, 0.4) is 0 Å². The first-order valence-electron chi connectivity index (χ1n) is 8.98. The summed E-state index contributed by atoms with van der Waals surface area (Å²) in [6.07, 6.45) is 6.75. The first-order valence-corrected chi connectivity index (χ1v) is 8.98. The lowest BCUT2D eigenvalue weighted by molar-refractivity contribution is 0.169. The number of oxime groups is 1. The summed E-state index contributed by atoms with van der Waals surface area (Å²) in [5, 5.41) is 13.0. The Morgan fingerprint density at radius 1 is 1.04 bits per heavy atom. The van der Waals surface area contributed by atoms with Gasteiger partial charge in [-0.15, -0.1) is 0 Å². The number of rotatable bonds is 4. The molecule has 2 fully saturated rings. The number of nitrogens with zero attached hydrogens (tertiary/aromatic N) is 3. The van der Waals surface area contributed by atoms with Crippen molar-refractivity contribution in [2.75, 3.05) is 39.8 Å². The van der Waals surface area contributed by atoms with Gasteiger partial charge in [-0.05, 0) is 31.4 Å². The van der Waals surface area contributed by atoms with Crippen molar-refractivity contribution in [2.45, 2.75) is 38.0 Å². The zero-order valence-corrected chi connectivity index (χ0v) is 14.2. The number of hydrogen-bond donors (Lipinski definition) is 1. The summed E-state index contributed by atoms with van der Waals surface area (Å²) in [6, 6.07) is 8.74. The van der Waals surface area contributed by atoms with E-state index in [1.807, 2.05) is 0 Å². The van der Waals surface area contributed by atoms with E-state index in [2.05, 4.69) is 46.3 Å². The topological polar surface area (TPSA) is 39.1 Å². The molecule has 23 heavy (non-hydrogen) atoms. The van der Waals surface area contributed by atoms with E-state index in [1.165, 1.54) is 37.7 Å². The Hall–Kier alpha value is -1.39. The molecule has 1 aliphatic carbocycles. The van der Waals surface area contributed by atoms with E-state index in [4.69, 9.17) is 0 Å². The molecule has 1 aromatic rings. The molecule has 4 nitrogen and oxygen atoms in total. The van der Waals surface area contributed by atoms with E-state index < -0.39 is 0 Å². The number of benzene rings is 1. The molecule has 126 valence electrons. The predicted molar refractivity (Wildman–Crippen MR) is 94.5 cm³/mol. The number of piperazine rings is 1. The second kappa shape index (κ2) is 7.93. The third-order valence-corrected chi connectivity index (χ3v) is 5.41. The minimum atomic E-state index is 0.727. The molecule has 2 aliphatic rings. The lowest BCUT2D eigenvalue weighted by Crippen LogP contribution is -2.46. The smallest absolute Gasteiger partial charge is 0.101 e. The lowest BCUT2D eigenvalue weighted by Gasteiger charge is -2.32. The summed E-state index contributed by atoms with van der Waals surface area (Å²) < 4.78 is 0. The van der Waals surface area contributed by atoms with Crippen molar-refractivity contribution in [1.29, 1.82) is 0 Å². The second-order valence-corrected chi connectivity index (χ2v) is 7.08. The van der Waals surface area contributed by atoms with E-state index >= 15 is 0 Å². The summed E-state index contributed by atoms with van der Waals surface area (Å²) in [5.41, 5.74) is 3.28. The average Bonchev–Trinajstić information content (AvgIpc) is 2.62. The maximum Gasteiger partial charge on any atom is 0.101 e. The SMILES string of the molecule is CN1CCN(C/C(=N\O)c2ccc(C3CCCCC3)cc2)CC1. The molecule has 1 saturated carbocycles. The molecule has 0 aromatic heterocycles. The van der Waals surface area contributed by atoms with Crippen LogP contribution in [-0.4, -0.2) is 60.5 Å². The van der Waals surface area contributed by atoms with Crippen molar-refractivity contribution in [3.63, 3.8) is 0 Å². The quantitative estimate of drug-likeness (QED) is 0.527. The van der Waals surface area contributed by atoms with Crippen LogP contribution in [0.4, 0.5) is 0 Å². The molecule has 0 atom stereocenters. The molecule has 0 amide bonds. The molecule has 1 aliphatic heterocycles. The summed E-state index contributed by atoms with van der Waals surface area (Å²) in [4.78, 5) is 4.70. The van der Waals surface area contributed by atoms with Gasteiger partial charge in [0, 0.05) is 38.3 Å². The fourth-order valence-electron chi connectivity index (χ4n) is 3.78. The van der Waals surface area contributed by atoms with Crippen molar-refractivity contribution in [1.82, 2.24) is 9.80 Å². The highest BCUT2D eigenvalue weighted by atomic mass is 16.4. The molecule has 1 heterocycles. The van der Waals surface area contributed by atoms with E-state index in [1.54, 1.807) is 0 Å². The lowest BCUT2D eigenvalue weighted by atomic mass is 9.84. The molecule has 0 unspecified atom stereocenters. The zero-order valence-electron chi connectivity index (χ0n) is 14.2. The molecule has 0 spiro atoms. The second-order valence-electron chi connectivity index (χ2n) is 7.08. The van der Waals surface area contributed by atoms with Gasteiger partial charge >= 0.3 is 0 Å². The van der Waals surface area contributed by atoms with Crippen LogP contribution in [0.1, 0.15) is 49.1 Å². The van der Waals surface area contributed by atoms with Crippen molar-refractivity contribution in [3.8, 4) is 0 Å². The molecule has 1 aromatic carbocycles. The molecule has 0 bridgehead atoms. The highest BCUT2D eigenvalue weighted by Crippen LogP contribution is 2.32. The average molecular weight is 315 g/mol. The van der Waals surface area contributed by atoms with E-state index in [0.717, 1.165) is 49.9 Å². The Labute approximate surface area is 139 Å². The van der Waals surface area contributed by atoms with E-state index in [9.17, 15) is 5.21 Å². The van der Waals surface area contributed by atoms with Crippen molar-refractivity contribution in [2.24, 2.45) is 5.16 Å². The Balaban J connectivity index is 1.62. The molecule has 4 heteroatoms. The van der Waals surface area contributed by atoms with Crippen LogP contribution in [0.15, 0.2) is 29.4 Å². The minimum Gasteiger partial charge on any atom is -0.411 e. The van der Waals surface area contributed by atoms with Crippen molar-refractivity contribution in [3.05, 3.63) is 35.4 Å². The molecule has 1 N–H and O–H groups in total. The van der Waals surface area contributed by atoms with Gasteiger partial charge < -0.3 is 10.1 Å². The van der Waals surface area contributed by atoms with E-state index in [0.29, 0.717) is 0 Å². The molecular formula is C19H29N3O. The maximum atomic E-state index is 9.43. The molecule has 3 rings (SSSR count). The Morgan fingerprint density at radius 2 is 1.70 bits per heavy atom. The highest BCUT2D eigenvalue weighted by molar-refractivity contribution is 6.01. The van der Waals surface area contributed by atoms with Gasteiger partial charge in [-0.1, -0.05) is 48.7 Å². The standard InChI is InChI=1S/C19H29N3O/c1-21-11-13-22(14-12-21)15-19(20-23)18-9-7-17(8-10-18)16-5-3-2-4-6-16/h7-10,16,23H,2-6,11-15H2,1H3/b20-19+. The van der Waals surface area contributed by atoms with Crippen LogP contribution in [-0.2, 0) is 0 Å². The van der Waals surface area contributed by atoms with Crippen LogP contribution in [0.5, 0.6) is 0 Å². The van der Waals surface area contributed by atoms with Crippen LogP contribution < -0.4 is 0 Å². The van der Waals surface area contributed by atoms with Gasteiger partial charge in [0.15, 0.2) is 0 Å². The number of hydrogen-bond acceptors (Lipinski definition) is 4. The molecule has 1 saturated heterocycles. The first-order chi connectivity index (χ1) is 11.3. The summed E-state index contributed by atoms with van der Waals surface area (Å²) in [6.45, 7) is 4.97. The van der Waals surface area contributed by atoms with Gasteiger partial charge in [0.2, 0.25) is 0 Å². The van der Waals surface area contributed by atoms with Crippen LogP contribution >= 0.6 is 0 Å². The summed E-state index contributed by atoms with van der Waals surface area (Å²) in [5.74, 6) is 0.727. The largest absolute Gasteiger partial charge is 0.411 e. The Morgan fingerprint density at radius 3 is 2.30 bits per heavy atom. The van der Waals surface area contributed by atoms with Crippen LogP contribution in [0.25, 0.3) is 0 Å². The Kier molecular flexibility index (Phi) is 5.68. The normalized spacial score (nSPS) is 22.4. The fraction of sp³-hybridized carbons (Fsp3) is 0.632. The maximum absolute atomic E-state index is 9.43. The monoisotopic (exact) mass is 315 g/mol. The van der Waals surface area contributed by atoms with Gasteiger partial charge in [-0.25, -0.2) is 0 Å². The van der Waals surface area contributed by atoms with Gasteiger partial charge in [0.05, 0.1) is 0 Å². The van der Waals surface area contributed by atoms with Crippen molar-refractivity contribution < 1.29 is 5.21 Å². The molecular weight excluding hydrogens is 286 g/mol. The first kappa shape index (κ1) is 16.5. The van der Waals surface area contributed by atoms with Crippen molar-refractivity contribution >= 4 is 5.71 Å². The zero-order chi connectivity index (χ0) is 16.1. The van der Waals surface area contributed by atoms with Gasteiger partial charge in [0.25, 0.3) is 0 Å². The molecule has 0 radical (unpaired) electrons. The third-order valence-electron chi connectivity index (χ3n) is 5.41. The minimum absolute atomic E-state index is 0.727. The predicted octanol–water partition coefficient (Wildman–Crippen LogP) is 3.16. The van der Waals surface area contributed by atoms with Gasteiger partial charge in [0.1, 0.15) is 5.71 Å². The van der Waals surface area contributed by atoms with Crippen LogP contribution in [0.2, 0.25) is 0 Å². The summed E-state index contributed by atoms with van der Waals surface area (Å²) >= 11 is 0. The highest BCUT2D eigenvalue weighted by Gasteiger charge is 2.18. The number of likely N-dealkylation sites (N-methyl/N-ethyl adjacent to an activating group) is 1. The van der Waals surface area contributed by atoms with Gasteiger partial charge in [-0.3, -0.25) is 4.90 Å². The van der Waals surface area contributed by atoms with Gasteiger partial charge in [-0.2, -0.15) is 0 Å². The summed E-state index contributed by atoms with van der Waals surface area (Å²) in [7, 11) is 2.16. The van der Waals surface area contributed by atoms with Crippen LogP contribution in [0, 0.1) is 0 Å². The van der Waals surface area contributed by atoms with E-state index in [-0.39, 0.29) is 0 Å². The third kappa shape index (κ3) is 4.33. The Bertz CT molecular complexity index is 512. The fourth-order valence-corrected chi connectivity index (χ4v) is 3.78.